The van der Waals surface area contributed by atoms with Gasteiger partial charge >= 0.3 is 53.4 Å². The van der Waals surface area contributed by atoms with Crippen LogP contribution in [0.3, 0.4) is 0 Å². The molecule has 10 aromatic rings. The largest absolute Gasteiger partial charge is 1.00 e. The van der Waals surface area contributed by atoms with Crippen LogP contribution in [0, 0.1) is 0 Å². The molecular formula is C65H71Cl3N17NaO9. The number of esters is 3. The number of anilines is 8. The Kier molecular flexibility index (Phi) is 29.8. The van der Waals surface area contributed by atoms with Gasteiger partial charge in [0.05, 0.1) is 60.0 Å². The number of carboxylic acids is 1. The van der Waals surface area contributed by atoms with Crippen LogP contribution in [0.5, 0.6) is 0 Å². The fraction of sp³-hybridized carbons (Fsp3) is 0.246. The van der Waals surface area contributed by atoms with E-state index in [0.717, 1.165) is 82.5 Å². The van der Waals surface area contributed by atoms with Crippen LogP contribution in [0.4, 0.5) is 46.0 Å². The molecule has 0 unspecified atom stereocenters. The van der Waals surface area contributed by atoms with Gasteiger partial charge in [-0.2, -0.15) is 0 Å². The smallest absolute Gasteiger partial charge is 0.870 e. The Labute approximate surface area is 584 Å². The number of hydrogen-bond donors (Lipinski definition) is 9. The van der Waals surface area contributed by atoms with Crippen LogP contribution in [-0.2, 0) is 14.2 Å². The van der Waals surface area contributed by atoms with Crippen molar-refractivity contribution in [2.75, 3.05) is 53.6 Å². The van der Waals surface area contributed by atoms with Crippen molar-refractivity contribution in [1.29, 1.82) is 0 Å². The Bertz CT molecular complexity index is 4230. The topological polar surface area (TPSA) is 409 Å². The van der Waals surface area contributed by atoms with Gasteiger partial charge in [0, 0.05) is 120 Å². The van der Waals surface area contributed by atoms with E-state index < -0.39 is 23.9 Å². The van der Waals surface area contributed by atoms with Gasteiger partial charge in [-0.3, -0.25) is 15.0 Å². The summed E-state index contributed by atoms with van der Waals surface area (Å²) in [4.78, 5) is 82.8. The fourth-order valence-corrected chi connectivity index (χ4v) is 8.69. The number of carbonyl (C=O) groups excluding carboxylic acids is 3. The van der Waals surface area contributed by atoms with Crippen LogP contribution in [0.15, 0.2) is 147 Å². The maximum atomic E-state index is 11.9. The quantitative estimate of drug-likeness (QED) is 0.0161. The predicted octanol–water partition coefficient (Wildman–Crippen LogP) is 9.99. The molecule has 0 aliphatic heterocycles. The number of carboxylic acid groups (broad SMARTS) is 1. The number of halogens is 3. The first kappa shape index (κ1) is 76.5. The van der Waals surface area contributed by atoms with Gasteiger partial charge in [-0.15, -0.1) is 0 Å². The van der Waals surface area contributed by atoms with E-state index in [2.05, 4.69) is 80.9 Å². The molecule has 4 aliphatic carbocycles. The number of hydrogen-bond acceptors (Lipinski definition) is 25. The number of aromatic carboxylic acids is 1. The molecule has 4 aliphatic rings. The summed E-state index contributed by atoms with van der Waals surface area (Å²) in [6.45, 7) is 0. The molecule has 4 fully saturated rings. The van der Waals surface area contributed by atoms with E-state index in [1.54, 1.807) is 43.1 Å². The zero-order chi connectivity index (χ0) is 64.4. The summed E-state index contributed by atoms with van der Waals surface area (Å²) in [7, 11) is 3.98. The minimum absolute atomic E-state index is 0. The van der Waals surface area contributed by atoms with E-state index in [1.165, 1.54) is 65.0 Å². The van der Waals surface area contributed by atoms with Gasteiger partial charge in [0.15, 0.2) is 0 Å². The number of ether oxygens (including phenoxy) is 3. The molecule has 0 spiro atoms. The van der Waals surface area contributed by atoms with Crippen LogP contribution in [0.2, 0.25) is 15.3 Å². The molecule has 9 aromatic heterocycles. The third-order valence-electron chi connectivity index (χ3n) is 13.5. The number of nitrogens with zero attached hydrogens (tertiary/aromatic N) is 9. The van der Waals surface area contributed by atoms with Crippen molar-refractivity contribution in [3.63, 3.8) is 0 Å². The number of nitrogens with two attached hydrogens (primary N) is 2. The number of nitrogen functional groups attached to an aromatic ring is 1. The van der Waals surface area contributed by atoms with Gasteiger partial charge in [-0.05, 0) is 123 Å². The number of benzene rings is 1. The molecule has 0 bridgehead atoms. The third kappa shape index (κ3) is 23.6. The van der Waals surface area contributed by atoms with Gasteiger partial charge in [-0.1, -0.05) is 48.3 Å². The second kappa shape index (κ2) is 37.0. The standard InChI is InChI=1S/C18H17N5O2.C17H15N5O2.C10H11ClN2O2.C9H8N2.C7H5Cl2NO2.C3H7N.CH4.H3N.Na.H2O/c1-25-18(24)13-10-20-17(8-15(13)21-12-3-4-12)23-16-5-2-11-9-19-7-6-14(11)22-16;23-17(24)12-9-19-16(7-14(12)20-11-2-3-11)22-15-4-1-10-8-18-6-5-13(10)21-15;1-15-10(14)7-5-12-9(11)4-8(7)13-6-2-3-6;10-9-2-1-8-6-11-4-3-7(8)5-9;1-12-7(11)4-3-10-6(9)2-5(4)8;4-3-1-2-3;;;;/h2,5-10,12H,3-4H2,1H3,(H2,20,21,22,23);1,4-9,11H,2-3H2,(H,23,24)(H2,19,20,21,22);4-6H,2-3H2,1H3,(H,12,13);1-6H,10H2;2-3H,1H3;3H,1-2,4H2;1H4;1H3;;1H2/q;;;;;;;;+1;/p-1. The van der Waals surface area contributed by atoms with Gasteiger partial charge in [0.25, 0.3) is 0 Å². The summed E-state index contributed by atoms with van der Waals surface area (Å²) in [5.41, 5.74) is 16.5. The van der Waals surface area contributed by atoms with Crippen LogP contribution in [0.1, 0.15) is 100 Å². The predicted molar refractivity (Wildman–Crippen MR) is 366 cm³/mol. The van der Waals surface area contributed by atoms with Crippen molar-refractivity contribution in [3.8, 4) is 0 Å². The second-order valence-electron chi connectivity index (χ2n) is 20.9. The summed E-state index contributed by atoms with van der Waals surface area (Å²) in [5, 5.41) is 30.4. The molecule has 26 nitrogen and oxygen atoms in total. The number of fused-ring (bicyclic) bond motifs is 3. The molecule has 0 atom stereocenters. The molecule has 1 aromatic carbocycles. The minimum atomic E-state index is -0.992. The second-order valence-corrected chi connectivity index (χ2v) is 22.1. The first-order valence-corrected chi connectivity index (χ1v) is 29.7. The zero-order valence-corrected chi connectivity index (χ0v) is 55.9. The molecule has 0 amide bonds. The van der Waals surface area contributed by atoms with Crippen molar-refractivity contribution in [2.24, 2.45) is 5.73 Å². The van der Waals surface area contributed by atoms with E-state index in [-0.39, 0.29) is 69.9 Å². The van der Waals surface area contributed by atoms with Gasteiger partial charge in [0.2, 0.25) is 0 Å². The molecule has 492 valence electrons. The van der Waals surface area contributed by atoms with E-state index >= 15 is 0 Å². The number of aromatic nitrogens is 9. The summed E-state index contributed by atoms with van der Waals surface area (Å²) < 4.78 is 13.9. The summed E-state index contributed by atoms with van der Waals surface area (Å²) >= 11 is 17.0. The average molecular weight is 1360 g/mol. The Morgan fingerprint density at radius 1 is 0.484 bits per heavy atom. The Balaban J connectivity index is 0.000000216. The fourth-order valence-electron chi connectivity index (χ4n) is 8.09. The Morgan fingerprint density at radius 3 is 1.32 bits per heavy atom. The van der Waals surface area contributed by atoms with Crippen LogP contribution in [-0.4, -0.2) is 125 Å². The van der Waals surface area contributed by atoms with E-state index in [9.17, 15) is 24.3 Å². The number of nitrogens with one attached hydrogen (secondary N) is 5. The van der Waals surface area contributed by atoms with Gasteiger partial charge < -0.3 is 69.0 Å². The molecule has 14 N–H and O–H groups in total. The molecule has 14 rings (SSSR count). The summed E-state index contributed by atoms with van der Waals surface area (Å²) in [5.74, 6) is 0.148. The van der Waals surface area contributed by atoms with Crippen molar-refractivity contribution in [2.45, 2.75) is 83.0 Å². The summed E-state index contributed by atoms with van der Waals surface area (Å²) in [6, 6.07) is 27.3. The van der Waals surface area contributed by atoms with Crippen molar-refractivity contribution in [3.05, 3.63) is 184 Å². The maximum Gasteiger partial charge on any atom is 1.00 e. The van der Waals surface area contributed by atoms with Gasteiger partial charge in [-0.25, -0.2) is 49.1 Å². The first-order chi connectivity index (χ1) is 44.0. The SMILES string of the molecule is C.COC(=O)c1cnc(Cl)cc1Cl.COC(=O)c1cnc(Cl)cc1NC1CC1.COC(=O)c1cnc(Nc2ccc3cnccc3n2)cc1NC1CC1.N.NC1CC1.Nc1ccc2cnccc2c1.O=C(O)c1cnc(Nc2ccc3cnccc3n2)cc1NC1CC1.[Na+].[OH-]. The number of rotatable bonds is 14. The van der Waals surface area contributed by atoms with Crippen molar-refractivity contribution >= 4 is 137 Å². The molecule has 9 heterocycles. The Hall–Kier alpha value is -9.22. The molecule has 4 saturated carbocycles. The van der Waals surface area contributed by atoms with Crippen molar-refractivity contribution < 1.29 is 73.5 Å². The Morgan fingerprint density at radius 2 is 0.874 bits per heavy atom. The molecule has 30 heteroatoms. The maximum absolute atomic E-state index is 11.9. The number of pyridine rings is 9. The normalized spacial score (nSPS) is 12.8. The molecule has 95 heavy (non-hydrogen) atoms. The first-order valence-electron chi connectivity index (χ1n) is 28.6. The molecule has 0 radical (unpaired) electrons. The number of carbonyl (C=O) groups is 4. The van der Waals surface area contributed by atoms with Crippen LogP contribution >= 0.6 is 34.8 Å². The van der Waals surface area contributed by atoms with E-state index in [0.29, 0.717) is 75.1 Å². The molecule has 0 saturated heterocycles. The van der Waals surface area contributed by atoms with Crippen LogP contribution in [0.25, 0.3) is 32.6 Å². The molecular weight excluding hydrogens is 1290 g/mol. The van der Waals surface area contributed by atoms with E-state index in [4.69, 9.17) is 51.0 Å². The summed E-state index contributed by atoms with van der Waals surface area (Å²) in [6.07, 6.45) is 25.2. The number of methoxy groups -OCH3 is 3. The van der Waals surface area contributed by atoms with Gasteiger partial charge in [0.1, 0.15) is 50.3 Å². The zero-order valence-electron chi connectivity index (χ0n) is 51.6. The monoisotopic (exact) mass is 1360 g/mol. The minimum Gasteiger partial charge on any atom is -0.870 e. The third-order valence-corrected chi connectivity index (χ3v) is 14.3. The van der Waals surface area contributed by atoms with E-state index in [1.807, 2.05) is 72.9 Å². The van der Waals surface area contributed by atoms with Crippen LogP contribution < -0.4 is 73.8 Å². The average Bonchev–Trinajstić information content (AvgIpc) is 1.83. The van der Waals surface area contributed by atoms with Crippen molar-refractivity contribution in [1.82, 2.24) is 51.0 Å².